The Hall–Kier alpha value is -1.55. The monoisotopic (exact) mass is 303 g/mol. The van der Waals surface area contributed by atoms with Crippen molar-refractivity contribution in [3.8, 4) is 0 Å². The first-order valence-corrected chi connectivity index (χ1v) is 8.24. The summed E-state index contributed by atoms with van der Waals surface area (Å²) in [7, 11) is 0. The number of nitrogens with zero attached hydrogens (tertiary/aromatic N) is 2. The van der Waals surface area contributed by atoms with Gasteiger partial charge in [0.1, 0.15) is 0 Å². The van der Waals surface area contributed by atoms with Gasteiger partial charge in [-0.1, -0.05) is 50.6 Å². The summed E-state index contributed by atoms with van der Waals surface area (Å²) in [6.45, 7) is 13.9. The molecule has 2 rings (SSSR count). The molecule has 2 amide bonds. The molecule has 0 unspecified atom stereocenters. The highest BCUT2D eigenvalue weighted by Gasteiger charge is 2.24. The molecule has 22 heavy (non-hydrogen) atoms. The van der Waals surface area contributed by atoms with Crippen LogP contribution in [0.15, 0.2) is 24.3 Å². The van der Waals surface area contributed by atoms with Crippen LogP contribution < -0.4 is 5.32 Å². The van der Waals surface area contributed by atoms with E-state index in [1.807, 2.05) is 4.90 Å². The lowest BCUT2D eigenvalue weighted by Gasteiger charge is -2.35. The summed E-state index contributed by atoms with van der Waals surface area (Å²) >= 11 is 0. The Labute approximate surface area is 134 Å². The molecule has 1 heterocycles. The number of amides is 2. The predicted molar refractivity (Wildman–Crippen MR) is 91.3 cm³/mol. The summed E-state index contributed by atoms with van der Waals surface area (Å²) in [5, 5.41) is 3.11. The van der Waals surface area contributed by atoms with Gasteiger partial charge in [-0.15, -0.1) is 0 Å². The molecule has 1 aliphatic heterocycles. The second kappa shape index (κ2) is 7.14. The summed E-state index contributed by atoms with van der Waals surface area (Å²) in [6, 6.07) is 8.63. The van der Waals surface area contributed by atoms with Crippen molar-refractivity contribution in [2.75, 3.05) is 39.3 Å². The Morgan fingerprint density at radius 3 is 2.27 bits per heavy atom. The van der Waals surface area contributed by atoms with Gasteiger partial charge in [-0.25, -0.2) is 4.79 Å². The van der Waals surface area contributed by atoms with Gasteiger partial charge in [-0.2, -0.15) is 0 Å². The van der Waals surface area contributed by atoms with Crippen LogP contribution in [-0.2, 0) is 5.41 Å². The summed E-state index contributed by atoms with van der Waals surface area (Å²) in [5.41, 5.74) is 2.46. The van der Waals surface area contributed by atoms with Gasteiger partial charge in [0.2, 0.25) is 0 Å². The third-order valence-electron chi connectivity index (χ3n) is 4.62. The van der Waals surface area contributed by atoms with Crippen molar-refractivity contribution in [1.82, 2.24) is 15.1 Å². The molecule has 1 N–H and O–H groups in total. The molecule has 1 saturated heterocycles. The number of nitrogens with one attached hydrogen (secondary N) is 1. The molecule has 122 valence electrons. The van der Waals surface area contributed by atoms with E-state index in [1.54, 1.807) is 0 Å². The van der Waals surface area contributed by atoms with Gasteiger partial charge >= 0.3 is 6.03 Å². The summed E-state index contributed by atoms with van der Waals surface area (Å²) in [6.07, 6.45) is 0. The van der Waals surface area contributed by atoms with Crippen molar-refractivity contribution in [2.24, 2.45) is 0 Å². The highest BCUT2D eigenvalue weighted by molar-refractivity contribution is 5.74. The SMILES string of the molecule is CCN1CCN(C(=O)NCC(C)(C)c2ccc(C)cc2)CC1. The summed E-state index contributed by atoms with van der Waals surface area (Å²) < 4.78 is 0. The quantitative estimate of drug-likeness (QED) is 0.928. The van der Waals surface area contributed by atoms with E-state index in [9.17, 15) is 4.79 Å². The first-order chi connectivity index (χ1) is 10.4. The van der Waals surface area contributed by atoms with E-state index in [0.717, 1.165) is 32.7 Å². The van der Waals surface area contributed by atoms with Crippen molar-refractivity contribution >= 4 is 6.03 Å². The van der Waals surface area contributed by atoms with Gasteiger partial charge in [0.05, 0.1) is 0 Å². The second-order valence-electron chi connectivity index (χ2n) is 6.83. The smallest absolute Gasteiger partial charge is 0.317 e. The van der Waals surface area contributed by atoms with E-state index in [2.05, 4.69) is 62.2 Å². The first kappa shape index (κ1) is 16.8. The number of benzene rings is 1. The van der Waals surface area contributed by atoms with Crippen LogP contribution in [0, 0.1) is 6.92 Å². The van der Waals surface area contributed by atoms with E-state index in [0.29, 0.717) is 6.54 Å². The van der Waals surface area contributed by atoms with Crippen LogP contribution in [0.5, 0.6) is 0 Å². The summed E-state index contributed by atoms with van der Waals surface area (Å²) in [4.78, 5) is 16.6. The van der Waals surface area contributed by atoms with Gasteiger partial charge in [-0.05, 0) is 19.0 Å². The fourth-order valence-electron chi connectivity index (χ4n) is 2.78. The molecule has 0 atom stereocenters. The molecule has 0 spiro atoms. The Balaban J connectivity index is 1.86. The highest BCUT2D eigenvalue weighted by Crippen LogP contribution is 2.22. The third-order valence-corrected chi connectivity index (χ3v) is 4.62. The molecule has 4 nitrogen and oxygen atoms in total. The zero-order valence-electron chi connectivity index (χ0n) is 14.4. The Morgan fingerprint density at radius 2 is 1.73 bits per heavy atom. The minimum Gasteiger partial charge on any atom is -0.337 e. The third kappa shape index (κ3) is 4.23. The molecule has 0 radical (unpaired) electrons. The van der Waals surface area contributed by atoms with Crippen LogP contribution in [-0.4, -0.2) is 55.1 Å². The van der Waals surface area contributed by atoms with Gasteiger partial charge in [0, 0.05) is 38.1 Å². The molecule has 0 saturated carbocycles. The zero-order chi connectivity index (χ0) is 16.2. The van der Waals surface area contributed by atoms with Gasteiger partial charge in [0.25, 0.3) is 0 Å². The highest BCUT2D eigenvalue weighted by atomic mass is 16.2. The van der Waals surface area contributed by atoms with Crippen LogP contribution in [0.3, 0.4) is 0 Å². The molecule has 1 fully saturated rings. The Kier molecular flexibility index (Phi) is 5.46. The largest absolute Gasteiger partial charge is 0.337 e. The number of likely N-dealkylation sites (N-methyl/N-ethyl adjacent to an activating group) is 1. The molecule has 1 aromatic rings. The van der Waals surface area contributed by atoms with E-state index >= 15 is 0 Å². The van der Waals surface area contributed by atoms with Crippen LogP contribution in [0.1, 0.15) is 31.9 Å². The standard InChI is InChI=1S/C18H29N3O/c1-5-20-10-12-21(13-11-20)17(22)19-14-18(3,4)16-8-6-15(2)7-9-16/h6-9H,5,10-14H2,1-4H3,(H,19,22). The van der Waals surface area contributed by atoms with Gasteiger partial charge in [-0.3, -0.25) is 0 Å². The Morgan fingerprint density at radius 1 is 1.14 bits per heavy atom. The Bertz CT molecular complexity index is 488. The van der Waals surface area contributed by atoms with Crippen LogP contribution in [0.4, 0.5) is 4.79 Å². The fourth-order valence-corrected chi connectivity index (χ4v) is 2.78. The lowest BCUT2D eigenvalue weighted by molar-refractivity contribution is 0.142. The van der Waals surface area contributed by atoms with E-state index < -0.39 is 0 Å². The number of carbonyl (C=O) groups excluding carboxylic acids is 1. The zero-order valence-corrected chi connectivity index (χ0v) is 14.4. The van der Waals surface area contributed by atoms with Gasteiger partial charge < -0.3 is 15.1 Å². The average Bonchev–Trinajstić information content (AvgIpc) is 2.53. The van der Waals surface area contributed by atoms with E-state index in [-0.39, 0.29) is 11.4 Å². The minimum absolute atomic E-state index is 0.0609. The number of carbonyl (C=O) groups is 1. The minimum atomic E-state index is -0.0609. The maximum atomic E-state index is 12.3. The molecular weight excluding hydrogens is 274 g/mol. The number of hydrogen-bond donors (Lipinski definition) is 1. The summed E-state index contributed by atoms with van der Waals surface area (Å²) in [5.74, 6) is 0. The molecule has 0 bridgehead atoms. The maximum absolute atomic E-state index is 12.3. The molecule has 0 aromatic heterocycles. The number of urea groups is 1. The molecule has 1 aliphatic rings. The number of hydrogen-bond acceptors (Lipinski definition) is 2. The number of aryl methyl sites for hydroxylation is 1. The van der Waals surface area contributed by atoms with Crippen molar-refractivity contribution in [3.63, 3.8) is 0 Å². The van der Waals surface area contributed by atoms with Crippen molar-refractivity contribution in [3.05, 3.63) is 35.4 Å². The van der Waals surface area contributed by atoms with Crippen molar-refractivity contribution in [2.45, 2.75) is 33.1 Å². The molecule has 1 aromatic carbocycles. The lowest BCUT2D eigenvalue weighted by Crippen LogP contribution is -2.53. The predicted octanol–water partition coefficient (Wildman–Crippen LogP) is 2.62. The van der Waals surface area contributed by atoms with Gasteiger partial charge in [0.15, 0.2) is 0 Å². The lowest BCUT2D eigenvalue weighted by atomic mass is 9.84. The number of piperazine rings is 1. The average molecular weight is 303 g/mol. The molecule has 4 heteroatoms. The molecular formula is C18H29N3O. The number of rotatable bonds is 4. The second-order valence-corrected chi connectivity index (χ2v) is 6.83. The normalized spacial score (nSPS) is 16.6. The van der Waals surface area contributed by atoms with E-state index in [1.165, 1.54) is 11.1 Å². The van der Waals surface area contributed by atoms with E-state index in [4.69, 9.17) is 0 Å². The van der Waals surface area contributed by atoms with Crippen LogP contribution in [0.25, 0.3) is 0 Å². The maximum Gasteiger partial charge on any atom is 0.317 e. The first-order valence-electron chi connectivity index (χ1n) is 8.24. The molecule has 0 aliphatic carbocycles. The van der Waals surface area contributed by atoms with Crippen molar-refractivity contribution < 1.29 is 4.79 Å². The topological polar surface area (TPSA) is 35.6 Å². The van der Waals surface area contributed by atoms with Crippen molar-refractivity contribution in [1.29, 1.82) is 0 Å². The van der Waals surface area contributed by atoms with Crippen LogP contribution >= 0.6 is 0 Å². The fraction of sp³-hybridized carbons (Fsp3) is 0.611. The van der Waals surface area contributed by atoms with Crippen LogP contribution in [0.2, 0.25) is 0 Å².